The van der Waals surface area contributed by atoms with Gasteiger partial charge in [-0.25, -0.2) is 4.98 Å². The quantitative estimate of drug-likeness (QED) is 0.537. The monoisotopic (exact) mass is 332 g/mol. The molecule has 4 rings (SSSR count). The lowest BCUT2D eigenvalue weighted by Gasteiger charge is -2.26. The Morgan fingerprint density at radius 2 is 1.92 bits per heavy atom. The number of hydrogen-bond donors (Lipinski definition) is 0. The van der Waals surface area contributed by atoms with Crippen LogP contribution in [-0.4, -0.2) is 10.9 Å². The molecule has 0 aliphatic rings. The summed E-state index contributed by atoms with van der Waals surface area (Å²) in [6.07, 6.45) is 3.25. The van der Waals surface area contributed by atoms with Gasteiger partial charge in [0.25, 0.3) is 5.91 Å². The molecule has 1 aromatic carbocycles. The van der Waals surface area contributed by atoms with E-state index in [1.807, 2.05) is 49.4 Å². The second-order valence-electron chi connectivity index (χ2n) is 5.70. The predicted octanol–water partition coefficient (Wildman–Crippen LogP) is 4.83. The molecule has 1 amide bonds. The summed E-state index contributed by atoms with van der Waals surface area (Å²) in [5.41, 5.74) is 0.678. The highest BCUT2D eigenvalue weighted by molar-refractivity contribution is 6.06. The molecule has 0 saturated carbocycles. The molecule has 5 heteroatoms. The molecule has 0 radical (unpaired) electrons. The maximum absolute atomic E-state index is 13.2. The van der Waals surface area contributed by atoms with Gasteiger partial charge in [0.1, 0.15) is 17.2 Å². The maximum Gasteiger partial charge on any atom is 0.295 e. The number of nitrogens with zero attached hydrogens (tertiary/aromatic N) is 2. The first kappa shape index (κ1) is 15.2. The third-order valence-electron chi connectivity index (χ3n) is 4.09. The van der Waals surface area contributed by atoms with Crippen molar-refractivity contribution in [2.24, 2.45) is 0 Å². The van der Waals surface area contributed by atoms with Crippen LogP contribution in [0.3, 0.4) is 0 Å². The Labute approximate surface area is 144 Å². The first-order valence-corrected chi connectivity index (χ1v) is 8.00. The number of benzene rings is 1. The van der Waals surface area contributed by atoms with Crippen LogP contribution in [0.4, 0.5) is 5.82 Å². The minimum Gasteiger partial charge on any atom is -0.467 e. The highest BCUT2D eigenvalue weighted by atomic mass is 16.3. The Kier molecular flexibility index (Phi) is 3.82. The van der Waals surface area contributed by atoms with E-state index in [0.717, 1.165) is 5.39 Å². The van der Waals surface area contributed by atoms with E-state index in [4.69, 9.17) is 8.83 Å². The SMILES string of the molecule is C[C@H](c1ccco1)N(C(=O)c1cc2ccccc2o1)c1ccccn1. The zero-order chi connectivity index (χ0) is 17.2. The summed E-state index contributed by atoms with van der Waals surface area (Å²) in [5.74, 6) is 1.22. The van der Waals surface area contributed by atoms with Gasteiger partial charge in [-0.1, -0.05) is 24.3 Å². The number of rotatable bonds is 4. The van der Waals surface area contributed by atoms with Gasteiger partial charge in [-0.05, 0) is 43.3 Å². The normalized spacial score (nSPS) is 12.2. The lowest BCUT2D eigenvalue weighted by Crippen LogP contribution is -2.33. The van der Waals surface area contributed by atoms with Crippen molar-refractivity contribution in [2.45, 2.75) is 13.0 Å². The summed E-state index contributed by atoms with van der Waals surface area (Å²) in [5, 5.41) is 0.887. The molecule has 0 bridgehead atoms. The van der Waals surface area contributed by atoms with Crippen LogP contribution in [-0.2, 0) is 0 Å². The zero-order valence-corrected chi connectivity index (χ0v) is 13.6. The predicted molar refractivity (Wildman–Crippen MR) is 94.4 cm³/mol. The van der Waals surface area contributed by atoms with Gasteiger partial charge in [0.15, 0.2) is 5.76 Å². The summed E-state index contributed by atoms with van der Waals surface area (Å²) >= 11 is 0. The van der Waals surface area contributed by atoms with E-state index in [2.05, 4.69) is 4.98 Å². The molecule has 0 fully saturated rings. The van der Waals surface area contributed by atoms with Crippen molar-refractivity contribution in [3.8, 4) is 0 Å². The molecule has 0 unspecified atom stereocenters. The lowest BCUT2D eigenvalue weighted by atomic mass is 10.2. The number of carbonyl (C=O) groups is 1. The van der Waals surface area contributed by atoms with Crippen LogP contribution < -0.4 is 4.90 Å². The van der Waals surface area contributed by atoms with E-state index >= 15 is 0 Å². The van der Waals surface area contributed by atoms with Gasteiger partial charge in [0.2, 0.25) is 0 Å². The summed E-state index contributed by atoms with van der Waals surface area (Å²) < 4.78 is 11.2. The number of fused-ring (bicyclic) bond motifs is 1. The third kappa shape index (κ3) is 2.80. The molecule has 0 aliphatic heterocycles. The number of furan rings is 2. The van der Waals surface area contributed by atoms with Gasteiger partial charge in [-0.3, -0.25) is 9.69 Å². The number of para-hydroxylation sites is 1. The molecular weight excluding hydrogens is 316 g/mol. The third-order valence-corrected chi connectivity index (χ3v) is 4.09. The summed E-state index contributed by atoms with van der Waals surface area (Å²) in [7, 11) is 0. The molecular formula is C20H16N2O3. The second-order valence-corrected chi connectivity index (χ2v) is 5.70. The van der Waals surface area contributed by atoms with Crippen LogP contribution >= 0.6 is 0 Å². The van der Waals surface area contributed by atoms with E-state index in [0.29, 0.717) is 17.2 Å². The van der Waals surface area contributed by atoms with E-state index in [9.17, 15) is 4.79 Å². The van der Waals surface area contributed by atoms with Crippen LogP contribution in [0.2, 0.25) is 0 Å². The molecule has 3 aromatic heterocycles. The smallest absolute Gasteiger partial charge is 0.295 e. The van der Waals surface area contributed by atoms with Crippen molar-refractivity contribution in [3.05, 3.63) is 84.6 Å². The minimum atomic E-state index is -0.328. The van der Waals surface area contributed by atoms with E-state index in [-0.39, 0.29) is 17.7 Å². The number of anilines is 1. The molecule has 1 atom stereocenters. The molecule has 0 N–H and O–H groups in total. The molecule has 124 valence electrons. The first-order chi connectivity index (χ1) is 12.2. The average molecular weight is 332 g/mol. The van der Waals surface area contributed by atoms with Crippen LogP contribution in [0, 0.1) is 0 Å². The standard InChI is InChI=1S/C20H16N2O3/c1-14(16-9-6-12-24-16)22(19-10-4-5-11-21-19)20(23)18-13-15-7-2-3-8-17(15)25-18/h2-14H,1H3/t14-/m1/s1. The van der Waals surface area contributed by atoms with Gasteiger partial charge in [-0.15, -0.1) is 0 Å². The molecule has 5 nitrogen and oxygen atoms in total. The van der Waals surface area contributed by atoms with Crippen molar-refractivity contribution in [2.75, 3.05) is 4.90 Å². The van der Waals surface area contributed by atoms with Gasteiger partial charge in [0.05, 0.1) is 12.3 Å². The first-order valence-electron chi connectivity index (χ1n) is 8.00. The number of hydrogen-bond acceptors (Lipinski definition) is 4. The minimum absolute atomic E-state index is 0.265. The van der Waals surface area contributed by atoms with Crippen LogP contribution in [0.25, 0.3) is 11.0 Å². The summed E-state index contributed by atoms with van der Waals surface area (Å²) in [6, 6.07) is 18.1. The molecule has 25 heavy (non-hydrogen) atoms. The van der Waals surface area contributed by atoms with Crippen molar-refractivity contribution in [3.63, 3.8) is 0 Å². The Morgan fingerprint density at radius 1 is 1.08 bits per heavy atom. The number of carbonyl (C=O) groups excluding carboxylic acids is 1. The van der Waals surface area contributed by atoms with Crippen LogP contribution in [0.15, 0.2) is 82.0 Å². The fourth-order valence-corrected chi connectivity index (χ4v) is 2.84. The Bertz CT molecular complexity index is 957. The van der Waals surface area contributed by atoms with Gasteiger partial charge < -0.3 is 8.83 Å². The Balaban J connectivity index is 1.78. The highest BCUT2D eigenvalue weighted by Crippen LogP contribution is 2.29. The molecule has 3 heterocycles. The van der Waals surface area contributed by atoms with E-state index in [1.165, 1.54) is 0 Å². The van der Waals surface area contributed by atoms with Crippen molar-refractivity contribution >= 4 is 22.7 Å². The van der Waals surface area contributed by atoms with E-state index < -0.39 is 0 Å². The fraction of sp³-hybridized carbons (Fsp3) is 0.100. The lowest BCUT2D eigenvalue weighted by molar-refractivity contribution is 0.0949. The van der Waals surface area contributed by atoms with Gasteiger partial charge >= 0.3 is 0 Å². The number of pyridine rings is 1. The Morgan fingerprint density at radius 3 is 2.64 bits per heavy atom. The molecule has 0 saturated heterocycles. The van der Waals surface area contributed by atoms with Crippen LogP contribution in [0.5, 0.6) is 0 Å². The average Bonchev–Trinajstić information content (AvgIpc) is 3.32. The fourth-order valence-electron chi connectivity index (χ4n) is 2.84. The van der Waals surface area contributed by atoms with Crippen LogP contribution in [0.1, 0.15) is 29.3 Å². The Hall–Kier alpha value is -3.34. The molecule has 4 aromatic rings. The van der Waals surface area contributed by atoms with Gasteiger partial charge in [-0.2, -0.15) is 0 Å². The maximum atomic E-state index is 13.2. The van der Waals surface area contributed by atoms with Crippen molar-refractivity contribution < 1.29 is 13.6 Å². The number of aromatic nitrogens is 1. The molecule has 0 aliphatic carbocycles. The second kappa shape index (κ2) is 6.28. The number of amides is 1. The highest BCUT2D eigenvalue weighted by Gasteiger charge is 2.29. The van der Waals surface area contributed by atoms with E-state index in [1.54, 1.807) is 35.6 Å². The molecule has 0 spiro atoms. The summed E-state index contributed by atoms with van der Waals surface area (Å²) in [4.78, 5) is 19.1. The largest absolute Gasteiger partial charge is 0.467 e. The topological polar surface area (TPSA) is 59.5 Å². The van der Waals surface area contributed by atoms with Crippen molar-refractivity contribution in [1.29, 1.82) is 0 Å². The zero-order valence-electron chi connectivity index (χ0n) is 13.6. The summed E-state index contributed by atoms with van der Waals surface area (Å²) in [6.45, 7) is 1.90. The van der Waals surface area contributed by atoms with Gasteiger partial charge in [0, 0.05) is 11.6 Å². The van der Waals surface area contributed by atoms with Crippen molar-refractivity contribution in [1.82, 2.24) is 4.98 Å².